The Morgan fingerprint density at radius 3 is 2.47 bits per heavy atom. The molecule has 0 saturated carbocycles. The number of amides is 2. The molecule has 32 heavy (non-hydrogen) atoms. The lowest BCUT2D eigenvalue weighted by Gasteiger charge is -2.15. The molecule has 0 aromatic heterocycles. The molecule has 3 aromatic carbocycles. The third kappa shape index (κ3) is 4.43. The molecule has 1 N–H and O–H groups in total. The summed E-state index contributed by atoms with van der Waals surface area (Å²) in [4.78, 5) is 25.5. The summed E-state index contributed by atoms with van der Waals surface area (Å²) in [6.07, 6.45) is 1.41. The Bertz CT molecular complexity index is 1200. The number of anilines is 1. The second-order valence-corrected chi connectivity index (χ2v) is 7.35. The number of methoxy groups -OCH3 is 1. The van der Waals surface area contributed by atoms with Gasteiger partial charge in [-0.2, -0.15) is 0 Å². The molecule has 1 fully saturated rings. The van der Waals surface area contributed by atoms with Gasteiger partial charge in [-0.1, -0.05) is 41.9 Å². The second-order valence-electron chi connectivity index (χ2n) is 6.92. The van der Waals surface area contributed by atoms with E-state index in [2.05, 4.69) is 5.43 Å². The van der Waals surface area contributed by atoms with E-state index in [4.69, 9.17) is 21.1 Å². The molecule has 1 aliphatic rings. The Labute approximate surface area is 188 Å². The molecule has 1 heterocycles. The summed E-state index contributed by atoms with van der Waals surface area (Å²) in [5.74, 6) is -0.784. The van der Waals surface area contributed by atoms with E-state index in [1.165, 1.54) is 30.3 Å². The van der Waals surface area contributed by atoms with Gasteiger partial charge in [0.2, 0.25) is 0 Å². The minimum atomic E-state index is -0.553. The van der Waals surface area contributed by atoms with E-state index in [1.807, 2.05) is 6.07 Å². The van der Waals surface area contributed by atoms with Gasteiger partial charge in [0.05, 0.1) is 12.8 Å². The molecule has 0 aliphatic carbocycles. The number of hydrogen-bond donors (Lipinski definition) is 1. The summed E-state index contributed by atoms with van der Waals surface area (Å²) < 4.78 is 24.5. The molecule has 0 atom stereocenters. The van der Waals surface area contributed by atoms with Gasteiger partial charge in [0.25, 0.3) is 11.8 Å². The number of ether oxygens (including phenoxy) is 2. The van der Waals surface area contributed by atoms with Crippen molar-refractivity contribution in [3.63, 3.8) is 0 Å². The Kier molecular flexibility index (Phi) is 6.09. The van der Waals surface area contributed by atoms with E-state index in [9.17, 15) is 14.0 Å². The standard InChI is InChI=1S/C24H18ClFN2O4/c1-31-21-13-17(25)11-16(22(21)32-14-15-7-9-18(26)10-8-15)12-20-23(29)27-28(24(20)30)19-5-3-2-4-6-19/h2-13H,14H2,1H3,(H,27,29)/b20-12-. The number of nitrogens with one attached hydrogen (secondary N) is 1. The topological polar surface area (TPSA) is 67.9 Å². The average molecular weight is 453 g/mol. The highest BCUT2D eigenvalue weighted by atomic mass is 35.5. The number of hydrogen-bond acceptors (Lipinski definition) is 4. The number of para-hydroxylation sites is 1. The highest BCUT2D eigenvalue weighted by Gasteiger charge is 2.34. The molecule has 6 nitrogen and oxygen atoms in total. The Balaban J connectivity index is 1.68. The molecule has 1 saturated heterocycles. The zero-order valence-electron chi connectivity index (χ0n) is 17.0. The van der Waals surface area contributed by atoms with Crippen molar-refractivity contribution in [2.45, 2.75) is 6.61 Å². The maximum Gasteiger partial charge on any atom is 0.282 e. The molecule has 1 aliphatic heterocycles. The van der Waals surface area contributed by atoms with Crippen LogP contribution in [0.4, 0.5) is 10.1 Å². The normalized spacial score (nSPS) is 14.6. The van der Waals surface area contributed by atoms with Crippen molar-refractivity contribution in [3.05, 3.63) is 94.3 Å². The molecule has 0 spiro atoms. The monoisotopic (exact) mass is 452 g/mol. The van der Waals surface area contributed by atoms with Crippen LogP contribution in [0.1, 0.15) is 11.1 Å². The van der Waals surface area contributed by atoms with E-state index in [0.29, 0.717) is 27.8 Å². The van der Waals surface area contributed by atoms with Gasteiger partial charge in [0, 0.05) is 16.7 Å². The van der Waals surface area contributed by atoms with Crippen molar-refractivity contribution in [1.82, 2.24) is 5.43 Å². The summed E-state index contributed by atoms with van der Waals surface area (Å²) in [6.45, 7) is 0.116. The Hall–Kier alpha value is -3.84. The minimum Gasteiger partial charge on any atom is -0.493 e. The van der Waals surface area contributed by atoms with E-state index < -0.39 is 11.8 Å². The van der Waals surface area contributed by atoms with E-state index in [-0.39, 0.29) is 18.0 Å². The van der Waals surface area contributed by atoms with E-state index >= 15 is 0 Å². The lowest BCUT2D eigenvalue weighted by molar-refractivity contribution is -0.117. The van der Waals surface area contributed by atoms with Gasteiger partial charge in [0.15, 0.2) is 11.5 Å². The SMILES string of the molecule is COc1cc(Cl)cc(/C=C2/C(=O)NN(c3ccccc3)C2=O)c1OCc1ccc(F)cc1. The van der Waals surface area contributed by atoms with Crippen molar-refractivity contribution in [2.75, 3.05) is 12.1 Å². The van der Waals surface area contributed by atoms with Crippen LogP contribution in [0.15, 0.2) is 72.3 Å². The van der Waals surface area contributed by atoms with Crippen molar-refractivity contribution in [2.24, 2.45) is 0 Å². The number of hydrazine groups is 1. The first-order chi connectivity index (χ1) is 15.5. The summed E-state index contributed by atoms with van der Waals surface area (Å²) in [6, 6.07) is 17.8. The molecule has 3 aromatic rings. The predicted octanol–water partition coefficient (Wildman–Crippen LogP) is 4.53. The Morgan fingerprint density at radius 2 is 1.78 bits per heavy atom. The smallest absolute Gasteiger partial charge is 0.282 e. The molecular formula is C24H18ClFN2O4. The molecule has 162 valence electrons. The van der Waals surface area contributed by atoms with Crippen molar-refractivity contribution < 1.29 is 23.5 Å². The fourth-order valence-electron chi connectivity index (χ4n) is 3.21. The van der Waals surface area contributed by atoms with Gasteiger partial charge < -0.3 is 9.47 Å². The molecule has 0 bridgehead atoms. The summed E-state index contributed by atoms with van der Waals surface area (Å²) >= 11 is 6.22. The van der Waals surface area contributed by atoms with E-state index in [0.717, 1.165) is 5.56 Å². The molecule has 0 unspecified atom stereocenters. The van der Waals surface area contributed by atoms with Gasteiger partial charge >= 0.3 is 0 Å². The minimum absolute atomic E-state index is 0.0789. The molecule has 4 rings (SSSR count). The van der Waals surface area contributed by atoms with Crippen LogP contribution in [0.25, 0.3) is 6.08 Å². The first-order valence-corrected chi connectivity index (χ1v) is 10.0. The number of carbonyl (C=O) groups is 2. The Morgan fingerprint density at radius 1 is 1.06 bits per heavy atom. The van der Waals surface area contributed by atoms with Crippen LogP contribution in [-0.2, 0) is 16.2 Å². The van der Waals surface area contributed by atoms with Gasteiger partial charge in [-0.25, -0.2) is 9.40 Å². The fraction of sp³-hybridized carbons (Fsp3) is 0.0833. The third-order valence-electron chi connectivity index (χ3n) is 4.77. The summed E-state index contributed by atoms with van der Waals surface area (Å²) in [5.41, 5.74) is 4.13. The molecule has 0 radical (unpaired) electrons. The number of rotatable bonds is 6. The van der Waals surface area contributed by atoms with Crippen molar-refractivity contribution >= 4 is 35.2 Å². The predicted molar refractivity (Wildman–Crippen MR) is 119 cm³/mol. The number of nitrogens with zero attached hydrogens (tertiary/aromatic N) is 1. The number of halogens is 2. The van der Waals surface area contributed by atoms with Crippen LogP contribution in [0.5, 0.6) is 11.5 Å². The maximum atomic E-state index is 13.2. The van der Waals surface area contributed by atoms with Crippen LogP contribution in [0, 0.1) is 5.82 Å². The zero-order valence-corrected chi connectivity index (χ0v) is 17.7. The third-order valence-corrected chi connectivity index (χ3v) is 4.99. The molecular weight excluding hydrogens is 435 g/mol. The second kappa shape index (κ2) is 9.11. The summed E-state index contributed by atoms with van der Waals surface area (Å²) in [5, 5.41) is 1.52. The van der Waals surface area contributed by atoms with Crippen molar-refractivity contribution in [3.8, 4) is 11.5 Å². The van der Waals surface area contributed by atoms with Crippen LogP contribution in [0.2, 0.25) is 5.02 Å². The van der Waals surface area contributed by atoms with Crippen molar-refractivity contribution in [1.29, 1.82) is 0 Å². The highest BCUT2D eigenvalue weighted by Crippen LogP contribution is 2.37. The number of carbonyl (C=O) groups excluding carboxylic acids is 2. The first-order valence-electron chi connectivity index (χ1n) is 9.63. The molecule has 2 amide bonds. The van der Waals surface area contributed by atoms with Crippen LogP contribution >= 0.6 is 11.6 Å². The zero-order chi connectivity index (χ0) is 22.7. The maximum absolute atomic E-state index is 13.2. The van der Waals surface area contributed by atoms with Gasteiger partial charge in [0.1, 0.15) is 18.0 Å². The average Bonchev–Trinajstić information content (AvgIpc) is 3.08. The van der Waals surface area contributed by atoms with Crippen LogP contribution in [-0.4, -0.2) is 18.9 Å². The fourth-order valence-corrected chi connectivity index (χ4v) is 3.43. The van der Waals surface area contributed by atoms with Crippen LogP contribution in [0.3, 0.4) is 0 Å². The van der Waals surface area contributed by atoms with Gasteiger partial charge in [-0.05, 0) is 42.0 Å². The number of benzene rings is 3. The quantitative estimate of drug-likeness (QED) is 0.441. The van der Waals surface area contributed by atoms with Crippen LogP contribution < -0.4 is 19.9 Å². The first kappa shape index (κ1) is 21.4. The van der Waals surface area contributed by atoms with E-state index in [1.54, 1.807) is 48.5 Å². The largest absolute Gasteiger partial charge is 0.493 e. The van der Waals surface area contributed by atoms with Gasteiger partial charge in [-0.15, -0.1) is 0 Å². The lowest BCUT2D eigenvalue weighted by Crippen LogP contribution is -2.35. The lowest BCUT2D eigenvalue weighted by atomic mass is 10.1. The molecule has 8 heteroatoms. The summed E-state index contributed by atoms with van der Waals surface area (Å²) in [7, 11) is 1.46. The highest BCUT2D eigenvalue weighted by molar-refractivity contribution is 6.32. The van der Waals surface area contributed by atoms with Gasteiger partial charge in [-0.3, -0.25) is 15.0 Å².